The van der Waals surface area contributed by atoms with Crippen molar-refractivity contribution in [2.75, 3.05) is 26.8 Å². The molecule has 0 unspecified atom stereocenters. The normalized spacial score (nSPS) is 22.9. The first kappa shape index (κ1) is 15.5. The fourth-order valence-corrected chi connectivity index (χ4v) is 2.83. The van der Waals surface area contributed by atoms with Gasteiger partial charge in [-0.2, -0.15) is 0 Å². The number of nitrogens with one attached hydrogen (secondary N) is 1. The Bertz CT molecular complexity index is 347. The molecule has 1 aliphatic rings. The van der Waals surface area contributed by atoms with Crippen molar-refractivity contribution in [3.63, 3.8) is 0 Å². The van der Waals surface area contributed by atoms with E-state index in [1.165, 1.54) is 31.2 Å². The summed E-state index contributed by atoms with van der Waals surface area (Å²) in [7, 11) is 2.03. The predicted octanol–water partition coefficient (Wildman–Crippen LogP) is 3.00. The van der Waals surface area contributed by atoms with Crippen molar-refractivity contribution in [1.29, 1.82) is 0 Å². The molecule has 0 radical (unpaired) electrons. The van der Waals surface area contributed by atoms with E-state index in [1.54, 1.807) is 0 Å². The first-order valence-electron chi connectivity index (χ1n) is 7.76. The van der Waals surface area contributed by atoms with Gasteiger partial charge in [-0.25, -0.2) is 0 Å². The molecule has 2 rings (SSSR count). The van der Waals surface area contributed by atoms with Gasteiger partial charge >= 0.3 is 0 Å². The summed E-state index contributed by atoms with van der Waals surface area (Å²) in [6.45, 7) is 3.23. The van der Waals surface area contributed by atoms with Gasteiger partial charge in [0.25, 0.3) is 0 Å². The van der Waals surface area contributed by atoms with E-state index >= 15 is 0 Å². The molecule has 0 bridgehead atoms. The zero-order valence-corrected chi connectivity index (χ0v) is 12.5. The molecule has 0 aromatic heterocycles. The lowest BCUT2D eigenvalue weighted by Crippen LogP contribution is -2.28. The summed E-state index contributed by atoms with van der Waals surface area (Å²) in [5, 5.41) is 3.27. The topological polar surface area (TPSA) is 30.5 Å². The van der Waals surface area contributed by atoms with Crippen LogP contribution in [0.3, 0.4) is 0 Å². The van der Waals surface area contributed by atoms with Crippen LogP contribution < -0.4 is 5.32 Å². The van der Waals surface area contributed by atoms with E-state index in [4.69, 9.17) is 9.47 Å². The van der Waals surface area contributed by atoms with E-state index in [9.17, 15) is 0 Å². The molecule has 20 heavy (non-hydrogen) atoms. The van der Waals surface area contributed by atoms with Crippen molar-refractivity contribution >= 4 is 0 Å². The van der Waals surface area contributed by atoms with E-state index in [2.05, 4.69) is 17.4 Å². The van der Waals surface area contributed by atoms with Crippen LogP contribution in [0, 0.1) is 5.92 Å². The molecule has 0 heterocycles. The SMILES string of the molecule is CNCC1CCC(OCCOCc2ccccc2)CC1. The van der Waals surface area contributed by atoms with Crippen LogP contribution in [0.5, 0.6) is 0 Å². The molecule has 1 saturated carbocycles. The Balaban J connectivity index is 1.50. The van der Waals surface area contributed by atoms with Crippen LogP contribution in [-0.4, -0.2) is 32.9 Å². The second-order valence-corrected chi connectivity index (χ2v) is 5.61. The van der Waals surface area contributed by atoms with Gasteiger partial charge < -0.3 is 14.8 Å². The summed E-state index contributed by atoms with van der Waals surface area (Å²) in [5.41, 5.74) is 1.22. The molecule has 0 atom stereocenters. The second kappa shape index (κ2) is 9.11. The van der Waals surface area contributed by atoms with Crippen LogP contribution in [0.4, 0.5) is 0 Å². The molecule has 0 aliphatic heterocycles. The maximum absolute atomic E-state index is 5.90. The Kier molecular flexibility index (Phi) is 7.06. The highest BCUT2D eigenvalue weighted by Gasteiger charge is 2.20. The van der Waals surface area contributed by atoms with Crippen LogP contribution in [0.1, 0.15) is 31.2 Å². The summed E-state index contributed by atoms with van der Waals surface area (Å²) in [4.78, 5) is 0. The third-order valence-electron chi connectivity index (χ3n) is 3.98. The van der Waals surface area contributed by atoms with Crippen molar-refractivity contribution in [3.05, 3.63) is 35.9 Å². The Labute approximate surface area is 122 Å². The zero-order valence-electron chi connectivity index (χ0n) is 12.5. The highest BCUT2D eigenvalue weighted by atomic mass is 16.5. The van der Waals surface area contributed by atoms with Crippen LogP contribution in [0.2, 0.25) is 0 Å². The molecular formula is C17H27NO2. The molecule has 3 heteroatoms. The number of hydrogen-bond acceptors (Lipinski definition) is 3. The van der Waals surface area contributed by atoms with E-state index in [1.807, 2.05) is 25.2 Å². The number of rotatable bonds is 8. The van der Waals surface area contributed by atoms with Crippen molar-refractivity contribution in [2.24, 2.45) is 5.92 Å². The Morgan fingerprint density at radius 1 is 1.05 bits per heavy atom. The van der Waals surface area contributed by atoms with Crippen LogP contribution in [0.25, 0.3) is 0 Å². The second-order valence-electron chi connectivity index (χ2n) is 5.61. The minimum Gasteiger partial charge on any atom is -0.376 e. The fraction of sp³-hybridized carbons (Fsp3) is 0.647. The summed E-state index contributed by atoms with van der Waals surface area (Å²) >= 11 is 0. The average molecular weight is 277 g/mol. The van der Waals surface area contributed by atoms with Gasteiger partial charge in [0.2, 0.25) is 0 Å². The molecule has 1 fully saturated rings. The number of benzene rings is 1. The Hall–Kier alpha value is -0.900. The molecule has 112 valence electrons. The van der Waals surface area contributed by atoms with Gasteiger partial charge in [0.1, 0.15) is 0 Å². The van der Waals surface area contributed by atoms with Crippen molar-refractivity contribution in [3.8, 4) is 0 Å². The maximum Gasteiger partial charge on any atom is 0.0718 e. The summed E-state index contributed by atoms with van der Waals surface area (Å²) in [6.07, 6.45) is 5.42. The average Bonchev–Trinajstić information content (AvgIpc) is 2.50. The Morgan fingerprint density at radius 3 is 2.50 bits per heavy atom. The third kappa shape index (κ3) is 5.61. The van der Waals surface area contributed by atoms with Crippen molar-refractivity contribution in [2.45, 2.75) is 38.4 Å². The van der Waals surface area contributed by atoms with E-state index < -0.39 is 0 Å². The standard InChI is InChI=1S/C17H27NO2/c1-18-13-15-7-9-17(10-8-15)20-12-11-19-14-16-5-3-2-4-6-16/h2-6,15,17-18H,7-14H2,1H3. The first-order chi connectivity index (χ1) is 9.88. The molecule has 1 N–H and O–H groups in total. The third-order valence-corrected chi connectivity index (χ3v) is 3.98. The number of hydrogen-bond donors (Lipinski definition) is 1. The highest BCUT2D eigenvalue weighted by molar-refractivity contribution is 5.13. The molecule has 0 saturated heterocycles. The molecule has 1 aromatic rings. The van der Waals surface area contributed by atoms with E-state index in [0.29, 0.717) is 25.9 Å². The van der Waals surface area contributed by atoms with Crippen LogP contribution in [-0.2, 0) is 16.1 Å². The van der Waals surface area contributed by atoms with Crippen molar-refractivity contribution in [1.82, 2.24) is 5.32 Å². The molecule has 0 spiro atoms. The summed E-state index contributed by atoms with van der Waals surface area (Å²) < 4.78 is 11.5. The lowest BCUT2D eigenvalue weighted by Gasteiger charge is -2.28. The van der Waals surface area contributed by atoms with Gasteiger partial charge in [-0.3, -0.25) is 0 Å². The molecule has 0 amide bonds. The van der Waals surface area contributed by atoms with Gasteiger partial charge in [-0.15, -0.1) is 0 Å². The lowest BCUT2D eigenvalue weighted by atomic mass is 9.87. The van der Waals surface area contributed by atoms with Crippen LogP contribution in [0.15, 0.2) is 30.3 Å². The van der Waals surface area contributed by atoms with E-state index in [0.717, 1.165) is 12.5 Å². The molecular weight excluding hydrogens is 250 g/mol. The molecule has 1 aromatic carbocycles. The largest absolute Gasteiger partial charge is 0.376 e. The van der Waals surface area contributed by atoms with Crippen LogP contribution >= 0.6 is 0 Å². The van der Waals surface area contributed by atoms with Gasteiger partial charge in [0, 0.05) is 0 Å². The lowest BCUT2D eigenvalue weighted by molar-refractivity contribution is -0.0194. The summed E-state index contributed by atoms with van der Waals surface area (Å²) in [6, 6.07) is 10.3. The maximum atomic E-state index is 5.90. The van der Waals surface area contributed by atoms with E-state index in [-0.39, 0.29) is 0 Å². The molecule has 3 nitrogen and oxygen atoms in total. The quantitative estimate of drug-likeness (QED) is 0.741. The predicted molar refractivity (Wildman–Crippen MR) is 81.7 cm³/mol. The monoisotopic (exact) mass is 277 g/mol. The minimum atomic E-state index is 0.448. The van der Waals surface area contributed by atoms with Gasteiger partial charge in [0.15, 0.2) is 0 Å². The smallest absolute Gasteiger partial charge is 0.0718 e. The Morgan fingerprint density at radius 2 is 1.80 bits per heavy atom. The minimum absolute atomic E-state index is 0.448. The van der Waals surface area contributed by atoms with Crippen molar-refractivity contribution < 1.29 is 9.47 Å². The first-order valence-corrected chi connectivity index (χ1v) is 7.76. The summed E-state index contributed by atoms with van der Waals surface area (Å²) in [5.74, 6) is 0.842. The zero-order chi connectivity index (χ0) is 14.0. The van der Waals surface area contributed by atoms with Gasteiger partial charge in [-0.05, 0) is 50.8 Å². The highest BCUT2D eigenvalue weighted by Crippen LogP contribution is 2.25. The number of ether oxygens (including phenoxy) is 2. The fourth-order valence-electron chi connectivity index (χ4n) is 2.83. The van der Waals surface area contributed by atoms with Gasteiger partial charge in [0.05, 0.1) is 25.9 Å². The van der Waals surface area contributed by atoms with Gasteiger partial charge in [-0.1, -0.05) is 30.3 Å². The molecule has 1 aliphatic carbocycles.